The summed E-state index contributed by atoms with van der Waals surface area (Å²) in [7, 11) is 0.969. The first-order valence-corrected chi connectivity index (χ1v) is 6.61. The average molecular weight is 219 g/mol. The van der Waals surface area contributed by atoms with Gasteiger partial charge >= 0.3 is 0 Å². The third-order valence-corrected chi connectivity index (χ3v) is 5.47. The third-order valence-electron chi connectivity index (χ3n) is 2.81. The van der Waals surface area contributed by atoms with E-state index >= 15 is 0 Å². The molecule has 0 heterocycles. The fourth-order valence-corrected chi connectivity index (χ4v) is 4.29. The Morgan fingerprint density at radius 3 is 2.67 bits per heavy atom. The van der Waals surface area contributed by atoms with E-state index in [2.05, 4.69) is 12.2 Å². The van der Waals surface area contributed by atoms with E-state index in [0.29, 0.717) is 0 Å². The van der Waals surface area contributed by atoms with E-state index in [4.69, 9.17) is 23.2 Å². The van der Waals surface area contributed by atoms with Gasteiger partial charge in [0.15, 0.2) is 0 Å². The molecule has 2 radical (unpaired) electrons. The molecule has 12 heavy (non-hydrogen) atoms. The van der Waals surface area contributed by atoms with Gasteiger partial charge in [0.1, 0.15) is 4.84 Å². The van der Waals surface area contributed by atoms with Gasteiger partial charge in [-0.3, -0.25) is 0 Å². The lowest BCUT2D eigenvalue weighted by Gasteiger charge is -2.16. The standard InChI is InChI=1S/C9H12Cl2Si/c10-9(11)5-12-8-4-6-1-2-7(8)3-6/h1-2,6-9H,3-5H2. The number of halogens is 2. The lowest BCUT2D eigenvalue weighted by Crippen LogP contribution is -2.10. The fourth-order valence-electron chi connectivity index (χ4n) is 2.26. The van der Waals surface area contributed by atoms with Crippen LogP contribution in [0.4, 0.5) is 0 Å². The lowest BCUT2D eigenvalue weighted by molar-refractivity contribution is 0.688. The molecule has 2 rings (SSSR count). The van der Waals surface area contributed by atoms with E-state index in [1.807, 2.05) is 0 Å². The predicted octanol–water partition coefficient (Wildman–Crippen LogP) is 3.30. The number of allylic oxidation sites excluding steroid dienone is 2. The van der Waals surface area contributed by atoms with Crippen molar-refractivity contribution >= 4 is 32.7 Å². The van der Waals surface area contributed by atoms with Crippen LogP contribution in [0.25, 0.3) is 0 Å². The van der Waals surface area contributed by atoms with E-state index in [0.717, 1.165) is 32.9 Å². The smallest absolute Gasteiger partial charge is 0.105 e. The first-order chi connectivity index (χ1) is 5.75. The number of hydrogen-bond donors (Lipinski definition) is 0. The van der Waals surface area contributed by atoms with Crippen molar-refractivity contribution in [3.05, 3.63) is 12.2 Å². The molecular weight excluding hydrogens is 207 g/mol. The maximum Gasteiger partial charge on any atom is 0.105 e. The Bertz CT molecular complexity index is 191. The minimum atomic E-state index is -0.147. The van der Waals surface area contributed by atoms with E-state index in [-0.39, 0.29) is 4.84 Å². The van der Waals surface area contributed by atoms with Crippen molar-refractivity contribution in [1.29, 1.82) is 0 Å². The highest BCUT2D eigenvalue weighted by Gasteiger charge is 2.35. The zero-order valence-electron chi connectivity index (χ0n) is 6.84. The minimum Gasteiger partial charge on any atom is -0.106 e. The largest absolute Gasteiger partial charge is 0.106 e. The molecule has 0 spiro atoms. The summed E-state index contributed by atoms with van der Waals surface area (Å²) in [5.41, 5.74) is 0.903. The highest BCUT2D eigenvalue weighted by Crippen LogP contribution is 2.47. The number of alkyl halides is 2. The van der Waals surface area contributed by atoms with Crippen LogP contribution in [-0.2, 0) is 0 Å². The molecule has 2 aliphatic rings. The summed E-state index contributed by atoms with van der Waals surface area (Å²) in [5.74, 6) is 1.75. The van der Waals surface area contributed by atoms with Gasteiger partial charge < -0.3 is 0 Å². The Kier molecular flexibility index (Phi) is 2.83. The van der Waals surface area contributed by atoms with Crippen LogP contribution >= 0.6 is 23.2 Å². The molecule has 0 aromatic carbocycles. The molecule has 0 saturated heterocycles. The van der Waals surface area contributed by atoms with Gasteiger partial charge in [-0.2, -0.15) is 0 Å². The summed E-state index contributed by atoms with van der Waals surface area (Å²) in [6.07, 6.45) is 7.56. The number of fused-ring (bicyclic) bond motifs is 2. The van der Waals surface area contributed by atoms with E-state index in [1.165, 1.54) is 12.8 Å². The van der Waals surface area contributed by atoms with Crippen molar-refractivity contribution in [2.75, 3.05) is 0 Å². The van der Waals surface area contributed by atoms with Crippen LogP contribution in [0.5, 0.6) is 0 Å². The van der Waals surface area contributed by atoms with Crippen LogP contribution in [0.15, 0.2) is 12.2 Å². The number of hydrogen-bond acceptors (Lipinski definition) is 0. The second-order valence-electron chi connectivity index (χ2n) is 3.69. The maximum absolute atomic E-state index is 5.71. The van der Waals surface area contributed by atoms with Crippen LogP contribution < -0.4 is 0 Å². The molecule has 1 saturated carbocycles. The highest BCUT2D eigenvalue weighted by molar-refractivity contribution is 6.50. The molecule has 3 unspecified atom stereocenters. The minimum absolute atomic E-state index is 0.147. The van der Waals surface area contributed by atoms with Crippen molar-refractivity contribution in [2.45, 2.75) is 29.3 Å². The SMILES string of the molecule is ClC(Cl)C[Si]C1CC2C=CC1C2. The van der Waals surface area contributed by atoms with E-state index < -0.39 is 0 Å². The Labute approximate surface area is 86.1 Å². The van der Waals surface area contributed by atoms with Gasteiger partial charge in [0.05, 0.1) is 0 Å². The van der Waals surface area contributed by atoms with Crippen molar-refractivity contribution in [3.8, 4) is 0 Å². The molecule has 3 heteroatoms. The van der Waals surface area contributed by atoms with Gasteiger partial charge in [-0.15, -0.1) is 23.2 Å². The summed E-state index contributed by atoms with van der Waals surface area (Å²) in [5, 5.41) is 0. The zero-order valence-corrected chi connectivity index (χ0v) is 9.35. The Morgan fingerprint density at radius 1 is 1.33 bits per heavy atom. The molecular formula is C9H12Cl2Si. The molecule has 0 aromatic heterocycles. The van der Waals surface area contributed by atoms with Crippen LogP contribution in [-0.4, -0.2) is 14.4 Å². The summed E-state index contributed by atoms with van der Waals surface area (Å²) in [6, 6.07) is 0.991. The second-order valence-corrected chi connectivity index (χ2v) is 6.52. The van der Waals surface area contributed by atoms with Gasteiger partial charge in [0, 0.05) is 9.52 Å². The molecule has 66 valence electrons. The van der Waals surface area contributed by atoms with Crippen LogP contribution in [0.3, 0.4) is 0 Å². The molecule has 0 nitrogen and oxygen atoms in total. The maximum atomic E-state index is 5.71. The Hall–Kier alpha value is 0.537. The summed E-state index contributed by atoms with van der Waals surface area (Å²) in [6.45, 7) is 0. The average Bonchev–Trinajstić information content (AvgIpc) is 2.60. The van der Waals surface area contributed by atoms with Crippen LogP contribution in [0.1, 0.15) is 12.8 Å². The molecule has 3 atom stereocenters. The summed E-state index contributed by atoms with van der Waals surface area (Å²) >= 11 is 11.4. The van der Waals surface area contributed by atoms with Gasteiger partial charge in [0.25, 0.3) is 0 Å². The molecule has 0 amide bonds. The second kappa shape index (κ2) is 3.73. The van der Waals surface area contributed by atoms with Gasteiger partial charge in [-0.1, -0.05) is 12.2 Å². The molecule has 0 aromatic rings. The van der Waals surface area contributed by atoms with E-state index in [9.17, 15) is 0 Å². The molecule has 0 N–H and O–H groups in total. The summed E-state index contributed by atoms with van der Waals surface area (Å²) in [4.78, 5) is -0.147. The van der Waals surface area contributed by atoms with E-state index in [1.54, 1.807) is 0 Å². The topological polar surface area (TPSA) is 0 Å². The third kappa shape index (κ3) is 1.89. The van der Waals surface area contributed by atoms with Crippen molar-refractivity contribution in [3.63, 3.8) is 0 Å². The zero-order chi connectivity index (χ0) is 8.55. The van der Waals surface area contributed by atoms with Crippen LogP contribution in [0.2, 0.25) is 11.6 Å². The first-order valence-electron chi connectivity index (χ1n) is 4.45. The Balaban J connectivity index is 1.80. The highest BCUT2D eigenvalue weighted by atomic mass is 35.5. The Morgan fingerprint density at radius 2 is 2.17 bits per heavy atom. The van der Waals surface area contributed by atoms with Gasteiger partial charge in [-0.05, 0) is 36.3 Å². The molecule has 2 aliphatic carbocycles. The predicted molar refractivity (Wildman–Crippen MR) is 55.2 cm³/mol. The molecule has 1 fully saturated rings. The molecule has 2 bridgehead atoms. The van der Waals surface area contributed by atoms with Crippen molar-refractivity contribution in [2.24, 2.45) is 11.8 Å². The normalized spacial score (nSPS) is 38.4. The summed E-state index contributed by atoms with van der Waals surface area (Å²) < 4.78 is 0. The fraction of sp³-hybridized carbons (Fsp3) is 0.778. The number of rotatable bonds is 3. The van der Waals surface area contributed by atoms with Crippen LogP contribution in [0, 0.1) is 11.8 Å². The molecule has 0 aliphatic heterocycles. The first kappa shape index (κ1) is 9.11. The van der Waals surface area contributed by atoms with Gasteiger partial charge in [0.2, 0.25) is 0 Å². The van der Waals surface area contributed by atoms with Gasteiger partial charge in [-0.25, -0.2) is 0 Å². The monoisotopic (exact) mass is 218 g/mol. The quantitative estimate of drug-likeness (QED) is 0.388. The lowest BCUT2D eigenvalue weighted by atomic mass is 10.1. The van der Waals surface area contributed by atoms with Crippen molar-refractivity contribution < 1.29 is 0 Å². The van der Waals surface area contributed by atoms with Crippen molar-refractivity contribution in [1.82, 2.24) is 0 Å².